The summed E-state index contributed by atoms with van der Waals surface area (Å²) < 4.78 is 4.99. The number of rotatable bonds is 5. The summed E-state index contributed by atoms with van der Waals surface area (Å²) in [7, 11) is 1.62. The number of methoxy groups -OCH3 is 1. The van der Waals surface area contributed by atoms with Gasteiger partial charge in [0.25, 0.3) is 0 Å². The predicted octanol–water partition coefficient (Wildman–Crippen LogP) is 1.42. The van der Waals surface area contributed by atoms with E-state index in [-0.39, 0.29) is 0 Å². The van der Waals surface area contributed by atoms with Gasteiger partial charge in [-0.05, 0) is 18.3 Å². The average molecular weight is 222 g/mol. The van der Waals surface area contributed by atoms with Crippen molar-refractivity contribution in [3.05, 3.63) is 11.9 Å². The van der Waals surface area contributed by atoms with Gasteiger partial charge in [0.15, 0.2) is 5.82 Å². The van der Waals surface area contributed by atoms with Gasteiger partial charge in [-0.1, -0.05) is 6.92 Å². The molecular weight excluding hydrogens is 204 g/mol. The lowest BCUT2D eigenvalue weighted by Gasteiger charge is -2.11. The minimum atomic E-state index is 0.386. The van der Waals surface area contributed by atoms with Gasteiger partial charge in [-0.2, -0.15) is 0 Å². The van der Waals surface area contributed by atoms with Crippen LogP contribution in [0.1, 0.15) is 25.6 Å². The number of hydrogen-bond donors (Lipinski definition) is 2. The standard InChI is InChI=1S/C11H18N4O/c1-11(3-4-11)7-13-9-5-8(12)14-10(15-9)6-16-2/h5H,3-4,6-7H2,1-2H3,(H3,12,13,14,15). The van der Waals surface area contributed by atoms with Gasteiger partial charge in [-0.25, -0.2) is 9.97 Å². The fourth-order valence-corrected chi connectivity index (χ4v) is 1.50. The lowest BCUT2D eigenvalue weighted by Crippen LogP contribution is -2.14. The molecule has 0 bridgehead atoms. The molecule has 0 saturated heterocycles. The van der Waals surface area contributed by atoms with Crippen LogP contribution in [0.2, 0.25) is 0 Å². The highest BCUT2D eigenvalue weighted by atomic mass is 16.5. The van der Waals surface area contributed by atoms with E-state index >= 15 is 0 Å². The molecule has 0 radical (unpaired) electrons. The zero-order valence-electron chi connectivity index (χ0n) is 9.79. The normalized spacial score (nSPS) is 17.1. The number of nitrogen functional groups attached to an aromatic ring is 1. The molecule has 1 aromatic heterocycles. The van der Waals surface area contributed by atoms with E-state index in [4.69, 9.17) is 10.5 Å². The van der Waals surface area contributed by atoms with Gasteiger partial charge in [-0.3, -0.25) is 0 Å². The van der Waals surface area contributed by atoms with Gasteiger partial charge in [0, 0.05) is 19.7 Å². The lowest BCUT2D eigenvalue weighted by atomic mass is 10.1. The zero-order valence-corrected chi connectivity index (χ0v) is 9.79. The third-order valence-corrected chi connectivity index (χ3v) is 2.87. The summed E-state index contributed by atoms with van der Waals surface area (Å²) in [6.07, 6.45) is 2.57. The van der Waals surface area contributed by atoms with Crippen LogP contribution in [0.4, 0.5) is 11.6 Å². The van der Waals surface area contributed by atoms with Gasteiger partial charge in [0.05, 0.1) is 0 Å². The molecule has 1 heterocycles. The Balaban J connectivity index is 2.01. The van der Waals surface area contributed by atoms with Crippen LogP contribution in [-0.2, 0) is 11.3 Å². The van der Waals surface area contributed by atoms with Crippen molar-refractivity contribution in [2.45, 2.75) is 26.4 Å². The highest BCUT2D eigenvalue weighted by molar-refractivity contribution is 5.44. The lowest BCUT2D eigenvalue weighted by molar-refractivity contribution is 0.178. The Morgan fingerprint density at radius 3 is 2.88 bits per heavy atom. The Morgan fingerprint density at radius 2 is 2.25 bits per heavy atom. The molecular formula is C11H18N4O. The molecule has 0 amide bonds. The van der Waals surface area contributed by atoms with E-state index in [1.165, 1.54) is 12.8 Å². The molecule has 0 unspecified atom stereocenters. The second-order valence-electron chi connectivity index (χ2n) is 4.69. The first-order chi connectivity index (χ1) is 7.61. The molecule has 5 nitrogen and oxygen atoms in total. The van der Waals surface area contributed by atoms with Crippen molar-refractivity contribution in [3.8, 4) is 0 Å². The minimum absolute atomic E-state index is 0.386. The molecule has 0 spiro atoms. The Morgan fingerprint density at radius 1 is 1.50 bits per heavy atom. The SMILES string of the molecule is COCc1nc(N)cc(NCC2(C)CC2)n1. The molecule has 16 heavy (non-hydrogen) atoms. The zero-order chi connectivity index (χ0) is 11.6. The second kappa shape index (κ2) is 4.25. The quantitative estimate of drug-likeness (QED) is 0.788. The molecule has 1 fully saturated rings. The summed E-state index contributed by atoms with van der Waals surface area (Å²) in [5, 5.41) is 3.30. The van der Waals surface area contributed by atoms with E-state index in [0.717, 1.165) is 12.4 Å². The minimum Gasteiger partial charge on any atom is -0.384 e. The highest BCUT2D eigenvalue weighted by Crippen LogP contribution is 2.44. The van der Waals surface area contributed by atoms with E-state index in [2.05, 4.69) is 22.2 Å². The van der Waals surface area contributed by atoms with Crippen molar-refractivity contribution in [3.63, 3.8) is 0 Å². The van der Waals surface area contributed by atoms with Crippen LogP contribution in [0.25, 0.3) is 0 Å². The van der Waals surface area contributed by atoms with E-state index in [1.54, 1.807) is 13.2 Å². The first-order valence-corrected chi connectivity index (χ1v) is 5.48. The van der Waals surface area contributed by atoms with Crippen LogP contribution in [-0.4, -0.2) is 23.6 Å². The van der Waals surface area contributed by atoms with Crippen molar-refractivity contribution in [1.82, 2.24) is 9.97 Å². The summed E-state index contributed by atoms with van der Waals surface area (Å²) in [5.41, 5.74) is 6.14. The molecule has 1 aliphatic carbocycles. The number of nitrogens with one attached hydrogen (secondary N) is 1. The molecule has 1 aliphatic rings. The molecule has 0 aromatic carbocycles. The maximum Gasteiger partial charge on any atom is 0.158 e. The van der Waals surface area contributed by atoms with Gasteiger partial charge in [0.1, 0.15) is 18.2 Å². The van der Waals surface area contributed by atoms with Crippen LogP contribution in [0.3, 0.4) is 0 Å². The van der Waals surface area contributed by atoms with Gasteiger partial charge >= 0.3 is 0 Å². The van der Waals surface area contributed by atoms with Crippen LogP contribution in [0, 0.1) is 5.41 Å². The van der Waals surface area contributed by atoms with Crippen molar-refractivity contribution >= 4 is 11.6 Å². The van der Waals surface area contributed by atoms with E-state index in [1.807, 2.05) is 0 Å². The van der Waals surface area contributed by atoms with Crippen LogP contribution >= 0.6 is 0 Å². The summed E-state index contributed by atoms with van der Waals surface area (Å²) in [6.45, 7) is 3.59. The van der Waals surface area contributed by atoms with Crippen molar-refractivity contribution < 1.29 is 4.74 Å². The average Bonchev–Trinajstić information content (AvgIpc) is 2.94. The largest absolute Gasteiger partial charge is 0.384 e. The Bertz CT molecular complexity index is 376. The fraction of sp³-hybridized carbons (Fsp3) is 0.636. The molecule has 5 heteroatoms. The van der Waals surface area contributed by atoms with Gasteiger partial charge in [0.2, 0.25) is 0 Å². The van der Waals surface area contributed by atoms with E-state index < -0.39 is 0 Å². The Hall–Kier alpha value is -1.36. The van der Waals surface area contributed by atoms with Crippen molar-refractivity contribution in [1.29, 1.82) is 0 Å². The summed E-state index contributed by atoms with van der Waals surface area (Å²) >= 11 is 0. The molecule has 2 rings (SSSR count). The fourth-order valence-electron chi connectivity index (χ4n) is 1.50. The highest BCUT2D eigenvalue weighted by Gasteiger charge is 2.36. The first-order valence-electron chi connectivity index (χ1n) is 5.48. The number of nitrogens with zero attached hydrogens (tertiary/aromatic N) is 2. The third-order valence-electron chi connectivity index (χ3n) is 2.87. The third kappa shape index (κ3) is 2.82. The number of hydrogen-bond acceptors (Lipinski definition) is 5. The van der Waals surface area contributed by atoms with Crippen molar-refractivity contribution in [2.75, 3.05) is 24.7 Å². The van der Waals surface area contributed by atoms with Gasteiger partial charge in [-0.15, -0.1) is 0 Å². The van der Waals surface area contributed by atoms with Gasteiger partial charge < -0.3 is 15.8 Å². The second-order valence-corrected chi connectivity index (χ2v) is 4.69. The summed E-state index contributed by atoms with van der Waals surface area (Å²) in [6, 6.07) is 1.75. The van der Waals surface area contributed by atoms with Crippen molar-refractivity contribution in [2.24, 2.45) is 5.41 Å². The molecule has 0 atom stereocenters. The Labute approximate surface area is 95.4 Å². The Kier molecular flexibility index (Phi) is 2.96. The number of anilines is 2. The van der Waals surface area contributed by atoms with E-state index in [9.17, 15) is 0 Å². The molecule has 1 aromatic rings. The van der Waals surface area contributed by atoms with Crippen LogP contribution in [0.5, 0.6) is 0 Å². The summed E-state index contributed by atoms with van der Waals surface area (Å²) in [4.78, 5) is 8.41. The number of aromatic nitrogens is 2. The molecule has 3 N–H and O–H groups in total. The monoisotopic (exact) mass is 222 g/mol. The first kappa shape index (κ1) is 11.1. The molecule has 0 aliphatic heterocycles. The molecule has 88 valence electrons. The topological polar surface area (TPSA) is 73.1 Å². The molecule has 1 saturated carbocycles. The van der Waals surface area contributed by atoms with Crippen LogP contribution < -0.4 is 11.1 Å². The van der Waals surface area contributed by atoms with Crippen LogP contribution in [0.15, 0.2) is 6.07 Å². The number of nitrogens with two attached hydrogens (primary N) is 1. The maximum atomic E-state index is 5.70. The maximum absolute atomic E-state index is 5.70. The smallest absolute Gasteiger partial charge is 0.158 e. The van der Waals surface area contributed by atoms with E-state index in [0.29, 0.717) is 23.7 Å². The number of ether oxygens (including phenoxy) is 1. The predicted molar refractivity (Wildman–Crippen MR) is 63.0 cm³/mol. The summed E-state index contributed by atoms with van der Waals surface area (Å²) in [5.74, 6) is 1.88.